The normalized spacial score (nSPS) is 23.1. The predicted octanol–water partition coefficient (Wildman–Crippen LogP) is 2.89. The molecule has 3 rings (SSSR count). The van der Waals surface area contributed by atoms with Crippen LogP contribution in [0.25, 0.3) is 0 Å². The molecule has 0 radical (unpaired) electrons. The van der Waals surface area contributed by atoms with Gasteiger partial charge in [-0.15, -0.1) is 0 Å². The number of nitrogens with one attached hydrogen (secondary N) is 1. The minimum atomic E-state index is 0.659. The summed E-state index contributed by atoms with van der Waals surface area (Å²) in [5, 5.41) is 8.29. The first-order valence-electron chi connectivity index (χ1n) is 7.10. The Morgan fingerprint density at radius 1 is 1.35 bits per heavy atom. The minimum Gasteiger partial charge on any atom is -0.308 e. The summed E-state index contributed by atoms with van der Waals surface area (Å²) in [6.07, 6.45) is 10.3. The van der Waals surface area contributed by atoms with Gasteiger partial charge in [-0.1, -0.05) is 12.8 Å². The van der Waals surface area contributed by atoms with Crippen molar-refractivity contribution in [1.29, 1.82) is 0 Å². The molecule has 2 aliphatic carbocycles. The summed E-state index contributed by atoms with van der Waals surface area (Å²) in [4.78, 5) is 0. The Morgan fingerprint density at radius 2 is 2.12 bits per heavy atom. The molecule has 2 saturated carbocycles. The van der Waals surface area contributed by atoms with E-state index in [0.717, 1.165) is 12.5 Å². The molecule has 0 bridgehead atoms. The zero-order valence-corrected chi connectivity index (χ0v) is 10.7. The maximum absolute atomic E-state index is 4.70. The maximum Gasteiger partial charge on any atom is 0.0762 e. The van der Waals surface area contributed by atoms with Crippen LogP contribution in [-0.4, -0.2) is 15.8 Å². The topological polar surface area (TPSA) is 29.9 Å². The molecule has 0 aromatic carbocycles. The van der Waals surface area contributed by atoms with E-state index in [2.05, 4.69) is 29.2 Å². The van der Waals surface area contributed by atoms with Gasteiger partial charge in [-0.2, -0.15) is 5.10 Å². The lowest BCUT2D eigenvalue weighted by Gasteiger charge is -2.11. The van der Waals surface area contributed by atoms with E-state index < -0.39 is 0 Å². The monoisotopic (exact) mass is 233 g/mol. The van der Waals surface area contributed by atoms with Crippen LogP contribution in [-0.2, 0) is 6.54 Å². The molecule has 0 amide bonds. The third-order valence-corrected chi connectivity index (χ3v) is 4.30. The second kappa shape index (κ2) is 4.81. The fraction of sp³-hybridized carbons (Fsp3) is 0.786. The Bertz CT molecular complexity index is 361. The van der Waals surface area contributed by atoms with E-state index in [1.54, 1.807) is 0 Å². The van der Waals surface area contributed by atoms with Crippen LogP contribution in [0.3, 0.4) is 0 Å². The molecule has 3 heteroatoms. The summed E-state index contributed by atoms with van der Waals surface area (Å²) < 4.78 is 2.19. The highest BCUT2D eigenvalue weighted by Crippen LogP contribution is 2.32. The third kappa shape index (κ3) is 2.71. The van der Waals surface area contributed by atoms with Crippen molar-refractivity contribution in [3.8, 4) is 0 Å². The predicted molar refractivity (Wildman–Crippen MR) is 68.8 cm³/mol. The zero-order chi connectivity index (χ0) is 11.7. The Kier molecular flexibility index (Phi) is 3.19. The van der Waals surface area contributed by atoms with E-state index in [0.29, 0.717) is 12.1 Å². The average Bonchev–Trinajstić information content (AvgIpc) is 2.87. The number of rotatable bonds is 5. The molecule has 2 fully saturated rings. The van der Waals surface area contributed by atoms with Crippen LogP contribution in [0.5, 0.6) is 0 Å². The fourth-order valence-corrected chi connectivity index (χ4v) is 2.87. The Hall–Kier alpha value is -0.830. The highest BCUT2D eigenvalue weighted by Gasteiger charge is 2.27. The molecule has 94 valence electrons. The highest BCUT2D eigenvalue weighted by molar-refractivity contribution is 5.00. The third-order valence-electron chi connectivity index (χ3n) is 4.30. The molecule has 0 spiro atoms. The second-order valence-corrected chi connectivity index (χ2v) is 5.73. The van der Waals surface area contributed by atoms with Crippen molar-refractivity contribution in [2.45, 2.75) is 64.1 Å². The molecule has 3 nitrogen and oxygen atoms in total. The van der Waals surface area contributed by atoms with Crippen LogP contribution < -0.4 is 5.32 Å². The van der Waals surface area contributed by atoms with Gasteiger partial charge >= 0.3 is 0 Å². The van der Waals surface area contributed by atoms with E-state index >= 15 is 0 Å². The lowest BCUT2D eigenvalue weighted by Crippen LogP contribution is -2.27. The first-order chi connectivity index (χ1) is 8.33. The largest absolute Gasteiger partial charge is 0.308 e. The molecular weight excluding hydrogens is 210 g/mol. The van der Waals surface area contributed by atoms with Crippen molar-refractivity contribution in [3.05, 3.63) is 18.0 Å². The summed E-state index contributed by atoms with van der Waals surface area (Å²) in [6, 6.07) is 3.50. The van der Waals surface area contributed by atoms with Gasteiger partial charge in [0, 0.05) is 18.8 Å². The van der Waals surface area contributed by atoms with Gasteiger partial charge in [-0.3, -0.25) is 4.68 Å². The maximum atomic E-state index is 4.70. The highest BCUT2D eigenvalue weighted by atomic mass is 15.3. The van der Waals surface area contributed by atoms with Crippen LogP contribution in [0.4, 0.5) is 0 Å². The van der Waals surface area contributed by atoms with Crippen LogP contribution >= 0.6 is 0 Å². The van der Waals surface area contributed by atoms with Crippen molar-refractivity contribution in [2.24, 2.45) is 5.92 Å². The number of aromatic nitrogens is 2. The molecule has 1 atom stereocenters. The summed E-state index contributed by atoms with van der Waals surface area (Å²) in [7, 11) is 0. The van der Waals surface area contributed by atoms with E-state index in [9.17, 15) is 0 Å². The number of nitrogens with zero attached hydrogens (tertiary/aromatic N) is 2. The lowest BCUT2D eigenvalue weighted by atomic mass is 10.2. The Morgan fingerprint density at radius 3 is 2.82 bits per heavy atom. The molecule has 0 saturated heterocycles. The van der Waals surface area contributed by atoms with Crippen molar-refractivity contribution < 1.29 is 0 Å². The van der Waals surface area contributed by atoms with Crippen LogP contribution in [0.15, 0.2) is 12.3 Å². The number of hydrogen-bond acceptors (Lipinski definition) is 2. The van der Waals surface area contributed by atoms with Gasteiger partial charge in [-0.05, 0) is 44.6 Å². The van der Waals surface area contributed by atoms with Gasteiger partial charge in [0.25, 0.3) is 0 Å². The summed E-state index contributed by atoms with van der Waals surface area (Å²) in [5.41, 5.74) is 1.20. The minimum absolute atomic E-state index is 0.659. The van der Waals surface area contributed by atoms with E-state index in [1.807, 2.05) is 0 Å². The summed E-state index contributed by atoms with van der Waals surface area (Å²) in [5.74, 6) is 0.923. The van der Waals surface area contributed by atoms with Crippen molar-refractivity contribution in [2.75, 3.05) is 0 Å². The molecule has 17 heavy (non-hydrogen) atoms. The quantitative estimate of drug-likeness (QED) is 0.847. The molecule has 1 aromatic heterocycles. The van der Waals surface area contributed by atoms with Crippen molar-refractivity contribution in [3.63, 3.8) is 0 Å². The summed E-state index contributed by atoms with van der Waals surface area (Å²) >= 11 is 0. The first-order valence-corrected chi connectivity index (χ1v) is 7.10. The fourth-order valence-electron chi connectivity index (χ4n) is 2.87. The van der Waals surface area contributed by atoms with Crippen LogP contribution in [0.1, 0.15) is 57.2 Å². The lowest BCUT2D eigenvalue weighted by molar-refractivity contribution is 0.452. The summed E-state index contributed by atoms with van der Waals surface area (Å²) in [6.45, 7) is 3.23. The number of hydrogen-bond donors (Lipinski definition) is 1. The van der Waals surface area contributed by atoms with Crippen molar-refractivity contribution >= 4 is 0 Å². The second-order valence-electron chi connectivity index (χ2n) is 5.73. The molecule has 0 aliphatic heterocycles. The van der Waals surface area contributed by atoms with Gasteiger partial charge in [-0.25, -0.2) is 0 Å². The zero-order valence-electron chi connectivity index (χ0n) is 10.7. The van der Waals surface area contributed by atoms with Crippen molar-refractivity contribution in [1.82, 2.24) is 15.1 Å². The van der Waals surface area contributed by atoms with Crippen LogP contribution in [0, 0.1) is 5.92 Å². The Labute approximate surface area is 104 Å². The molecule has 1 N–H and O–H groups in total. The molecule has 1 unspecified atom stereocenters. The molecular formula is C14H23N3. The van der Waals surface area contributed by atoms with Gasteiger partial charge < -0.3 is 5.32 Å². The Balaban J connectivity index is 1.52. The van der Waals surface area contributed by atoms with Crippen LogP contribution in [0.2, 0.25) is 0 Å². The van der Waals surface area contributed by atoms with E-state index in [-0.39, 0.29) is 0 Å². The average molecular weight is 233 g/mol. The smallest absolute Gasteiger partial charge is 0.0762 e. The van der Waals surface area contributed by atoms with Gasteiger partial charge in [0.15, 0.2) is 0 Å². The van der Waals surface area contributed by atoms with Gasteiger partial charge in [0.2, 0.25) is 0 Å². The van der Waals surface area contributed by atoms with E-state index in [4.69, 9.17) is 5.10 Å². The first kappa shape index (κ1) is 11.3. The standard InChI is InChI=1S/C14H23N3/c1-11(12-6-7-12)15-10-13-8-9-17(16-13)14-4-2-3-5-14/h8-9,11-12,14-15H,2-7,10H2,1H3. The van der Waals surface area contributed by atoms with E-state index in [1.165, 1.54) is 44.2 Å². The molecule has 1 heterocycles. The van der Waals surface area contributed by atoms with Gasteiger partial charge in [0.05, 0.1) is 11.7 Å². The molecule has 1 aromatic rings. The molecule has 2 aliphatic rings. The SMILES string of the molecule is CC(NCc1ccn(C2CCCC2)n1)C1CC1. The van der Waals surface area contributed by atoms with Gasteiger partial charge in [0.1, 0.15) is 0 Å².